The van der Waals surface area contributed by atoms with Gasteiger partial charge in [0.25, 0.3) is 0 Å². The zero-order chi connectivity index (χ0) is 18.2. The average molecular weight is 372 g/mol. The Morgan fingerprint density at radius 1 is 1.40 bits per heavy atom. The number of benzene rings is 1. The van der Waals surface area contributed by atoms with Crippen molar-refractivity contribution in [1.29, 1.82) is 5.26 Å². The molecule has 3 aliphatic rings. The lowest BCUT2D eigenvalue weighted by molar-refractivity contribution is -0.137. The number of nitrogens with zero attached hydrogens (tertiary/aromatic N) is 2. The van der Waals surface area contributed by atoms with E-state index in [-0.39, 0.29) is 24.3 Å². The molecule has 3 heterocycles. The molecule has 5 nitrogen and oxygen atoms in total. The zero-order valence-corrected chi connectivity index (χ0v) is 13.9. The molecule has 134 valence electrons. The third-order valence-electron chi connectivity index (χ3n) is 5.14. The predicted octanol–water partition coefficient (Wildman–Crippen LogP) is 3.77. The molecule has 0 aliphatic carbocycles. The molecular formula is C16H15F3N2O3S. The molecule has 0 spiro atoms. The van der Waals surface area contributed by atoms with E-state index in [0.717, 1.165) is 12.1 Å². The Morgan fingerprint density at radius 2 is 2.12 bits per heavy atom. The van der Waals surface area contributed by atoms with Crippen molar-refractivity contribution in [3.8, 4) is 6.07 Å². The van der Waals surface area contributed by atoms with Crippen LogP contribution in [0.2, 0.25) is 0 Å². The Balaban J connectivity index is 1.76. The number of hydrogen-bond acceptors (Lipinski definition) is 5. The van der Waals surface area contributed by atoms with Crippen LogP contribution < -0.4 is 4.31 Å². The molecule has 2 bridgehead atoms. The summed E-state index contributed by atoms with van der Waals surface area (Å²) in [5.41, 5.74) is -2.36. The molecular weight excluding hydrogens is 357 g/mol. The predicted molar refractivity (Wildman–Crippen MR) is 86.0 cm³/mol. The monoisotopic (exact) mass is 372 g/mol. The Labute approximate surface area is 143 Å². The van der Waals surface area contributed by atoms with E-state index in [1.807, 2.05) is 6.08 Å². The maximum absolute atomic E-state index is 13.2. The Morgan fingerprint density at radius 3 is 2.72 bits per heavy atom. The number of halogens is 3. The van der Waals surface area contributed by atoms with Crippen LogP contribution in [0.15, 0.2) is 30.4 Å². The van der Waals surface area contributed by atoms with Crippen molar-refractivity contribution in [3.63, 3.8) is 0 Å². The molecule has 1 aromatic carbocycles. The first-order chi connectivity index (χ1) is 11.6. The van der Waals surface area contributed by atoms with Crippen molar-refractivity contribution in [1.82, 2.24) is 0 Å². The molecule has 2 N–H and O–H groups in total. The van der Waals surface area contributed by atoms with Crippen molar-refractivity contribution in [3.05, 3.63) is 41.5 Å². The summed E-state index contributed by atoms with van der Waals surface area (Å²) in [5.74, 6) is -0.204. The van der Waals surface area contributed by atoms with E-state index in [2.05, 4.69) is 0 Å². The summed E-state index contributed by atoms with van der Waals surface area (Å²) in [6.45, 7) is 1.94. The van der Waals surface area contributed by atoms with Gasteiger partial charge in [0.15, 0.2) is 0 Å². The molecule has 1 aromatic rings. The molecule has 0 aromatic heterocycles. The molecule has 0 radical (unpaired) electrons. The van der Waals surface area contributed by atoms with Crippen molar-refractivity contribution in [2.45, 2.75) is 30.1 Å². The van der Waals surface area contributed by atoms with E-state index >= 15 is 0 Å². The van der Waals surface area contributed by atoms with Gasteiger partial charge >= 0.3 is 6.18 Å². The number of alkyl halides is 3. The van der Waals surface area contributed by atoms with Crippen molar-refractivity contribution in [2.24, 2.45) is 5.92 Å². The molecule has 4 rings (SSSR count). The third-order valence-corrected chi connectivity index (χ3v) is 7.65. The van der Waals surface area contributed by atoms with Crippen LogP contribution in [0.3, 0.4) is 0 Å². The van der Waals surface area contributed by atoms with Gasteiger partial charge < -0.3 is 4.74 Å². The first kappa shape index (κ1) is 16.7. The highest BCUT2D eigenvalue weighted by Crippen LogP contribution is 2.67. The Kier molecular flexibility index (Phi) is 3.29. The van der Waals surface area contributed by atoms with E-state index in [1.165, 1.54) is 16.4 Å². The van der Waals surface area contributed by atoms with Crippen LogP contribution in [0.25, 0.3) is 0 Å². The highest BCUT2D eigenvalue weighted by molar-refractivity contribution is 8.26. The fraction of sp³-hybridized carbons (Fsp3) is 0.438. The second-order valence-electron chi connectivity index (χ2n) is 6.67. The highest BCUT2D eigenvalue weighted by Gasteiger charge is 2.64. The minimum atomic E-state index is -4.70. The van der Waals surface area contributed by atoms with E-state index in [0.29, 0.717) is 0 Å². The van der Waals surface area contributed by atoms with E-state index in [9.17, 15) is 22.3 Å². The van der Waals surface area contributed by atoms with Gasteiger partial charge in [-0.1, -0.05) is 12.2 Å². The number of nitriles is 1. The minimum absolute atomic E-state index is 0.0451. The van der Waals surface area contributed by atoms with Crippen molar-refractivity contribution >= 4 is 16.5 Å². The van der Waals surface area contributed by atoms with E-state index in [4.69, 9.17) is 10.00 Å². The van der Waals surface area contributed by atoms with Gasteiger partial charge in [-0.25, -0.2) is 0 Å². The lowest BCUT2D eigenvalue weighted by atomic mass is 9.87. The van der Waals surface area contributed by atoms with Crippen LogP contribution in [0, 0.1) is 17.2 Å². The molecule has 4 atom stereocenters. The number of fused-ring (bicyclic) bond motifs is 5. The van der Waals surface area contributed by atoms with Gasteiger partial charge in [-0.15, -0.1) is 10.8 Å². The van der Waals surface area contributed by atoms with Crippen LogP contribution in [0.4, 0.5) is 18.9 Å². The molecule has 0 unspecified atom stereocenters. The largest absolute Gasteiger partial charge is 0.417 e. The molecule has 0 amide bonds. The number of rotatable bonds is 1. The van der Waals surface area contributed by atoms with Crippen molar-refractivity contribution < 1.29 is 27.0 Å². The van der Waals surface area contributed by atoms with Gasteiger partial charge in [-0.3, -0.25) is 13.4 Å². The van der Waals surface area contributed by atoms with Crippen LogP contribution >= 0.6 is 10.8 Å². The van der Waals surface area contributed by atoms with Gasteiger partial charge in [0.2, 0.25) is 0 Å². The van der Waals surface area contributed by atoms with Gasteiger partial charge in [-0.2, -0.15) is 18.4 Å². The number of hydrogen-bond donors (Lipinski definition) is 2. The fourth-order valence-corrected chi connectivity index (χ4v) is 6.67. The average Bonchev–Trinajstić information content (AvgIpc) is 3.13. The summed E-state index contributed by atoms with van der Waals surface area (Å²) in [6, 6.07) is 4.72. The van der Waals surface area contributed by atoms with Crippen LogP contribution in [-0.4, -0.2) is 32.6 Å². The summed E-state index contributed by atoms with van der Waals surface area (Å²) in [6.07, 6.45) is -1.32. The molecule has 0 saturated carbocycles. The fourth-order valence-electron chi connectivity index (χ4n) is 4.11. The maximum Gasteiger partial charge on any atom is 0.417 e. The topological polar surface area (TPSA) is 76.7 Å². The van der Waals surface area contributed by atoms with Crippen LogP contribution in [-0.2, 0) is 10.9 Å². The molecule has 25 heavy (non-hydrogen) atoms. The second kappa shape index (κ2) is 4.92. The lowest BCUT2D eigenvalue weighted by Crippen LogP contribution is -2.39. The lowest BCUT2D eigenvalue weighted by Gasteiger charge is -2.45. The Hall–Kier alpha value is -1.73. The first-order valence-electron chi connectivity index (χ1n) is 7.61. The van der Waals surface area contributed by atoms with Gasteiger partial charge in [0.1, 0.15) is 10.9 Å². The smallest absolute Gasteiger partial charge is 0.361 e. The van der Waals surface area contributed by atoms with Crippen molar-refractivity contribution in [2.75, 3.05) is 10.8 Å². The zero-order valence-electron chi connectivity index (χ0n) is 13.1. The minimum Gasteiger partial charge on any atom is -0.361 e. The summed E-state index contributed by atoms with van der Waals surface area (Å²) in [4.78, 5) is 0. The quantitative estimate of drug-likeness (QED) is 0.734. The van der Waals surface area contributed by atoms with Crippen LogP contribution in [0.1, 0.15) is 18.1 Å². The number of anilines is 1. The molecule has 9 heteroatoms. The van der Waals surface area contributed by atoms with Gasteiger partial charge in [0, 0.05) is 12.5 Å². The van der Waals surface area contributed by atoms with E-state index < -0.39 is 38.9 Å². The Bertz CT molecular complexity index is 820. The normalized spacial score (nSPS) is 36.4. The number of ether oxygens (including phenoxy) is 1. The third kappa shape index (κ3) is 2.22. The summed E-state index contributed by atoms with van der Waals surface area (Å²) in [7, 11) is -3.38. The first-order valence-corrected chi connectivity index (χ1v) is 9.18. The van der Waals surface area contributed by atoms with Gasteiger partial charge in [0.05, 0.1) is 29.0 Å². The summed E-state index contributed by atoms with van der Waals surface area (Å²) < 4.78 is 68.2. The maximum atomic E-state index is 13.2. The molecule has 2 saturated heterocycles. The highest BCUT2D eigenvalue weighted by atomic mass is 32.3. The molecule has 2 fully saturated rings. The SMILES string of the molecule is C[C@]12C=C[C@H](O1)[C@H]1CN(c3ccc(C#N)c(C(F)(F)F)c3)S(O)(O)[C@H]12. The van der Waals surface area contributed by atoms with E-state index in [1.54, 1.807) is 13.0 Å². The summed E-state index contributed by atoms with van der Waals surface area (Å²) >= 11 is 0. The second-order valence-corrected chi connectivity index (χ2v) is 8.74. The molecule has 3 aliphatic heterocycles. The summed E-state index contributed by atoms with van der Waals surface area (Å²) in [5, 5.41) is 8.30. The standard InChI is InChI=1S/C16H15F3N2O3S/c1-15-5-4-13(24-15)11-8-21(25(22,23)14(11)15)10-3-2-9(7-20)12(6-10)16(17,18)19/h2-6,11,13-14,22-23H,8H2,1H3/t11-,13+,14-,15-/m1/s1. The van der Waals surface area contributed by atoms with Gasteiger partial charge in [-0.05, 0) is 25.1 Å². The van der Waals surface area contributed by atoms with Crippen LogP contribution in [0.5, 0.6) is 0 Å².